The van der Waals surface area contributed by atoms with E-state index in [1.807, 2.05) is 31.2 Å². The number of nitrogens with two attached hydrogens (primary N) is 1. The molecule has 1 amide bonds. The number of aryl methyl sites for hydroxylation is 1. The highest BCUT2D eigenvalue weighted by atomic mass is 16.2. The van der Waals surface area contributed by atoms with Gasteiger partial charge in [-0.25, -0.2) is 9.97 Å². The topological polar surface area (TPSA) is 72.1 Å². The summed E-state index contributed by atoms with van der Waals surface area (Å²) < 4.78 is 0. The Kier molecular flexibility index (Phi) is 3.75. The van der Waals surface area contributed by atoms with E-state index in [1.54, 1.807) is 11.9 Å². The zero-order chi connectivity index (χ0) is 13.8. The number of hydrogen-bond donors (Lipinski definition) is 1. The molecule has 2 aromatic rings. The fraction of sp³-hybridized carbons (Fsp3) is 0.214. The number of anilines is 1. The quantitative estimate of drug-likeness (QED) is 0.906. The lowest BCUT2D eigenvalue weighted by Gasteiger charge is -2.18. The third-order valence-electron chi connectivity index (χ3n) is 2.94. The first-order valence-electron chi connectivity index (χ1n) is 5.96. The Morgan fingerprint density at radius 2 is 1.95 bits per heavy atom. The van der Waals surface area contributed by atoms with Crippen molar-refractivity contribution in [1.82, 2.24) is 14.9 Å². The van der Waals surface area contributed by atoms with Crippen LogP contribution in [0.3, 0.4) is 0 Å². The summed E-state index contributed by atoms with van der Waals surface area (Å²) in [5.41, 5.74) is 8.10. The van der Waals surface area contributed by atoms with Gasteiger partial charge in [0.25, 0.3) is 5.91 Å². The molecule has 0 saturated carbocycles. The molecule has 19 heavy (non-hydrogen) atoms. The van der Waals surface area contributed by atoms with Gasteiger partial charge in [-0.1, -0.05) is 24.3 Å². The summed E-state index contributed by atoms with van der Waals surface area (Å²) in [6.45, 7) is 2.53. The second-order valence-corrected chi connectivity index (χ2v) is 4.38. The average Bonchev–Trinajstić information content (AvgIpc) is 2.41. The van der Waals surface area contributed by atoms with Gasteiger partial charge in [0.05, 0.1) is 0 Å². The summed E-state index contributed by atoms with van der Waals surface area (Å²) in [6.07, 6.45) is 2.93. The number of carbonyl (C=O) groups is 1. The molecule has 0 aliphatic heterocycles. The Morgan fingerprint density at radius 3 is 2.63 bits per heavy atom. The van der Waals surface area contributed by atoms with Crippen LogP contribution < -0.4 is 5.73 Å². The lowest BCUT2D eigenvalue weighted by atomic mass is 10.1. The van der Waals surface area contributed by atoms with Gasteiger partial charge in [0.1, 0.15) is 0 Å². The van der Waals surface area contributed by atoms with E-state index in [1.165, 1.54) is 12.4 Å². The highest BCUT2D eigenvalue weighted by molar-refractivity contribution is 5.96. The smallest absolute Gasteiger partial charge is 0.276 e. The highest BCUT2D eigenvalue weighted by Crippen LogP contribution is 2.12. The molecule has 0 radical (unpaired) electrons. The first-order chi connectivity index (χ1) is 9.09. The molecule has 0 atom stereocenters. The van der Waals surface area contributed by atoms with Gasteiger partial charge in [-0.2, -0.15) is 0 Å². The van der Waals surface area contributed by atoms with E-state index in [0.29, 0.717) is 6.54 Å². The van der Waals surface area contributed by atoms with E-state index in [2.05, 4.69) is 9.97 Å². The zero-order valence-electron chi connectivity index (χ0n) is 11.0. The van der Waals surface area contributed by atoms with Crippen molar-refractivity contribution in [3.63, 3.8) is 0 Å². The lowest BCUT2D eigenvalue weighted by Crippen LogP contribution is -2.28. The molecular weight excluding hydrogens is 240 g/mol. The SMILES string of the molecule is Cc1ccccc1CN(C)C(=O)c1nccnc1N. The van der Waals surface area contributed by atoms with Crippen LogP contribution in [-0.2, 0) is 6.54 Å². The van der Waals surface area contributed by atoms with Crippen LogP contribution in [0.1, 0.15) is 21.6 Å². The third kappa shape index (κ3) is 2.88. The predicted molar refractivity (Wildman–Crippen MR) is 73.4 cm³/mol. The van der Waals surface area contributed by atoms with Gasteiger partial charge in [-0.05, 0) is 18.1 Å². The molecule has 0 unspecified atom stereocenters. The van der Waals surface area contributed by atoms with Crippen molar-refractivity contribution in [2.24, 2.45) is 0 Å². The molecule has 98 valence electrons. The van der Waals surface area contributed by atoms with Gasteiger partial charge >= 0.3 is 0 Å². The van der Waals surface area contributed by atoms with Gasteiger partial charge in [0.2, 0.25) is 0 Å². The number of carbonyl (C=O) groups excluding carboxylic acids is 1. The predicted octanol–water partition coefficient (Wildman–Crippen LogP) is 1.64. The second-order valence-electron chi connectivity index (χ2n) is 4.38. The molecule has 0 aliphatic rings. The summed E-state index contributed by atoms with van der Waals surface area (Å²) in [5, 5.41) is 0. The van der Waals surface area contributed by atoms with Crippen LogP contribution in [0.5, 0.6) is 0 Å². The Bertz CT molecular complexity index is 598. The maximum atomic E-state index is 12.2. The van der Waals surface area contributed by atoms with E-state index in [9.17, 15) is 4.79 Å². The van der Waals surface area contributed by atoms with Crippen LogP contribution in [-0.4, -0.2) is 27.8 Å². The summed E-state index contributed by atoms with van der Waals surface area (Å²) in [4.78, 5) is 21.7. The fourth-order valence-corrected chi connectivity index (χ4v) is 1.81. The summed E-state index contributed by atoms with van der Waals surface area (Å²) in [7, 11) is 1.73. The highest BCUT2D eigenvalue weighted by Gasteiger charge is 2.17. The lowest BCUT2D eigenvalue weighted by molar-refractivity contribution is 0.0780. The van der Waals surface area contributed by atoms with E-state index >= 15 is 0 Å². The van der Waals surface area contributed by atoms with Crippen molar-refractivity contribution < 1.29 is 4.79 Å². The molecule has 2 rings (SSSR count). The van der Waals surface area contributed by atoms with E-state index in [-0.39, 0.29) is 17.4 Å². The van der Waals surface area contributed by atoms with Gasteiger partial charge in [-0.3, -0.25) is 4.79 Å². The standard InChI is InChI=1S/C14H16N4O/c1-10-5-3-4-6-11(10)9-18(2)14(19)12-13(15)17-8-7-16-12/h3-8H,9H2,1-2H3,(H2,15,17). The minimum absolute atomic E-state index is 0.157. The molecule has 0 saturated heterocycles. The summed E-state index contributed by atoms with van der Waals surface area (Å²) >= 11 is 0. The van der Waals surface area contributed by atoms with Gasteiger partial charge in [0, 0.05) is 26.0 Å². The molecule has 0 fully saturated rings. The Balaban J connectivity index is 2.17. The van der Waals surface area contributed by atoms with Crippen LogP contribution in [0, 0.1) is 6.92 Å². The molecule has 1 aromatic heterocycles. The molecule has 5 heteroatoms. The molecule has 5 nitrogen and oxygen atoms in total. The van der Waals surface area contributed by atoms with Crippen LogP contribution in [0.25, 0.3) is 0 Å². The number of rotatable bonds is 3. The number of nitrogen functional groups attached to an aromatic ring is 1. The minimum Gasteiger partial charge on any atom is -0.382 e. The van der Waals surface area contributed by atoms with E-state index in [0.717, 1.165) is 11.1 Å². The first-order valence-corrected chi connectivity index (χ1v) is 5.96. The van der Waals surface area contributed by atoms with Crippen molar-refractivity contribution >= 4 is 11.7 Å². The van der Waals surface area contributed by atoms with Crippen molar-refractivity contribution in [1.29, 1.82) is 0 Å². The maximum absolute atomic E-state index is 12.2. The molecular formula is C14H16N4O. The van der Waals surface area contributed by atoms with Crippen molar-refractivity contribution in [3.8, 4) is 0 Å². The summed E-state index contributed by atoms with van der Waals surface area (Å²) in [5.74, 6) is -0.0713. The van der Waals surface area contributed by atoms with Crippen LogP contribution in [0.2, 0.25) is 0 Å². The van der Waals surface area contributed by atoms with Gasteiger partial charge < -0.3 is 10.6 Å². The fourth-order valence-electron chi connectivity index (χ4n) is 1.81. The normalized spacial score (nSPS) is 10.2. The average molecular weight is 256 g/mol. The molecule has 0 spiro atoms. The molecule has 2 N–H and O–H groups in total. The number of hydrogen-bond acceptors (Lipinski definition) is 4. The maximum Gasteiger partial charge on any atom is 0.276 e. The first kappa shape index (κ1) is 13.0. The van der Waals surface area contributed by atoms with Crippen molar-refractivity contribution in [2.45, 2.75) is 13.5 Å². The van der Waals surface area contributed by atoms with Gasteiger partial charge in [-0.15, -0.1) is 0 Å². The number of amides is 1. The van der Waals surface area contributed by atoms with Crippen LogP contribution in [0.15, 0.2) is 36.7 Å². The monoisotopic (exact) mass is 256 g/mol. The number of aromatic nitrogens is 2. The summed E-state index contributed by atoms with van der Waals surface area (Å²) in [6, 6.07) is 7.95. The minimum atomic E-state index is -0.228. The van der Waals surface area contributed by atoms with E-state index in [4.69, 9.17) is 5.73 Å². The van der Waals surface area contributed by atoms with Crippen molar-refractivity contribution in [3.05, 3.63) is 53.5 Å². The Labute approximate surface area is 112 Å². The van der Waals surface area contributed by atoms with Gasteiger partial charge in [0.15, 0.2) is 11.5 Å². The van der Waals surface area contributed by atoms with Crippen LogP contribution in [0.4, 0.5) is 5.82 Å². The number of nitrogens with zero attached hydrogens (tertiary/aromatic N) is 3. The molecule has 1 aromatic carbocycles. The Hall–Kier alpha value is -2.43. The number of benzene rings is 1. The molecule has 1 heterocycles. The Morgan fingerprint density at radius 1 is 1.26 bits per heavy atom. The molecule has 0 bridgehead atoms. The largest absolute Gasteiger partial charge is 0.382 e. The van der Waals surface area contributed by atoms with Crippen LogP contribution >= 0.6 is 0 Å². The third-order valence-corrected chi connectivity index (χ3v) is 2.94. The van der Waals surface area contributed by atoms with E-state index < -0.39 is 0 Å². The zero-order valence-corrected chi connectivity index (χ0v) is 11.0. The van der Waals surface area contributed by atoms with Crippen molar-refractivity contribution in [2.75, 3.05) is 12.8 Å². The molecule has 0 aliphatic carbocycles. The second kappa shape index (κ2) is 5.48.